The lowest BCUT2D eigenvalue weighted by Gasteiger charge is -2.30. The fourth-order valence-electron chi connectivity index (χ4n) is 2.78. The Morgan fingerprint density at radius 1 is 1.17 bits per heavy atom. The first-order chi connectivity index (χ1) is 10.9. The number of ether oxygens (including phenoxy) is 1. The fraction of sp³-hybridized carbons (Fsp3) is 0.529. The summed E-state index contributed by atoms with van der Waals surface area (Å²) in [5.41, 5.74) is -0.256. The lowest BCUT2D eigenvalue weighted by molar-refractivity contribution is -0.130. The Kier molecular flexibility index (Phi) is 5.69. The zero-order chi connectivity index (χ0) is 17.0. The third-order valence-corrected chi connectivity index (χ3v) is 4.19. The highest BCUT2D eigenvalue weighted by Gasteiger charge is 2.26. The van der Waals surface area contributed by atoms with E-state index in [0.29, 0.717) is 12.0 Å². The van der Waals surface area contributed by atoms with Crippen molar-refractivity contribution >= 4 is 11.9 Å². The Hall–Kier alpha value is -1.98. The van der Waals surface area contributed by atoms with Gasteiger partial charge in [0.1, 0.15) is 11.6 Å². The van der Waals surface area contributed by atoms with Crippen molar-refractivity contribution in [2.45, 2.75) is 51.7 Å². The average molecular weight is 325 g/mol. The molecule has 0 bridgehead atoms. The SMILES string of the molecule is C[C@@H]1CCCC[C@@H]1NC(=O)[C@@H](C)OC(=O)c1cc(F)cc(F)c1. The summed E-state index contributed by atoms with van der Waals surface area (Å²) in [5, 5.41) is 2.88. The van der Waals surface area contributed by atoms with Crippen molar-refractivity contribution in [3.05, 3.63) is 35.4 Å². The molecule has 1 fully saturated rings. The maximum atomic E-state index is 13.1. The van der Waals surface area contributed by atoms with Crippen LogP contribution in [0.3, 0.4) is 0 Å². The van der Waals surface area contributed by atoms with Gasteiger partial charge < -0.3 is 10.1 Å². The van der Waals surface area contributed by atoms with Crippen LogP contribution >= 0.6 is 0 Å². The quantitative estimate of drug-likeness (QED) is 0.865. The lowest BCUT2D eigenvalue weighted by Crippen LogP contribution is -2.46. The van der Waals surface area contributed by atoms with Gasteiger partial charge in [-0.2, -0.15) is 0 Å². The molecule has 1 aliphatic carbocycles. The molecule has 0 saturated heterocycles. The molecule has 1 aromatic rings. The number of hydrogen-bond acceptors (Lipinski definition) is 3. The molecule has 1 aliphatic rings. The normalized spacial score (nSPS) is 22.3. The van der Waals surface area contributed by atoms with Crippen LogP contribution in [0.4, 0.5) is 8.78 Å². The highest BCUT2D eigenvalue weighted by atomic mass is 19.1. The van der Waals surface area contributed by atoms with Crippen LogP contribution < -0.4 is 5.32 Å². The largest absolute Gasteiger partial charge is 0.449 e. The summed E-state index contributed by atoms with van der Waals surface area (Å²) in [6, 6.07) is 2.49. The molecule has 0 radical (unpaired) electrons. The van der Waals surface area contributed by atoms with E-state index in [2.05, 4.69) is 12.2 Å². The molecular weight excluding hydrogens is 304 g/mol. The number of esters is 1. The van der Waals surface area contributed by atoms with Crippen molar-refractivity contribution in [2.24, 2.45) is 5.92 Å². The highest BCUT2D eigenvalue weighted by Crippen LogP contribution is 2.23. The zero-order valence-corrected chi connectivity index (χ0v) is 13.3. The van der Waals surface area contributed by atoms with E-state index in [0.717, 1.165) is 37.8 Å². The van der Waals surface area contributed by atoms with Crippen LogP contribution in [0.1, 0.15) is 49.9 Å². The van der Waals surface area contributed by atoms with Crippen LogP contribution in [0, 0.1) is 17.6 Å². The van der Waals surface area contributed by atoms with Crippen LogP contribution in [0.5, 0.6) is 0 Å². The molecule has 0 spiro atoms. The maximum absolute atomic E-state index is 13.1. The minimum Gasteiger partial charge on any atom is -0.449 e. The van der Waals surface area contributed by atoms with E-state index in [-0.39, 0.29) is 11.6 Å². The number of carbonyl (C=O) groups excluding carboxylic acids is 2. The lowest BCUT2D eigenvalue weighted by atomic mass is 9.86. The molecule has 4 nitrogen and oxygen atoms in total. The van der Waals surface area contributed by atoms with Gasteiger partial charge in [0.15, 0.2) is 6.10 Å². The molecule has 126 valence electrons. The third kappa shape index (κ3) is 4.74. The van der Waals surface area contributed by atoms with Gasteiger partial charge in [0.25, 0.3) is 5.91 Å². The third-order valence-electron chi connectivity index (χ3n) is 4.19. The molecule has 1 saturated carbocycles. The smallest absolute Gasteiger partial charge is 0.339 e. The first kappa shape index (κ1) is 17.4. The second-order valence-corrected chi connectivity index (χ2v) is 6.08. The van der Waals surface area contributed by atoms with Gasteiger partial charge in [-0.3, -0.25) is 4.79 Å². The number of halogens is 2. The Morgan fingerprint density at radius 3 is 2.39 bits per heavy atom. The van der Waals surface area contributed by atoms with E-state index in [1.165, 1.54) is 6.92 Å². The summed E-state index contributed by atoms with van der Waals surface area (Å²) in [5.74, 6) is -2.68. The van der Waals surface area contributed by atoms with Crippen LogP contribution in [-0.2, 0) is 9.53 Å². The number of amides is 1. The van der Waals surface area contributed by atoms with Crippen LogP contribution in [-0.4, -0.2) is 24.0 Å². The van der Waals surface area contributed by atoms with Crippen molar-refractivity contribution in [3.8, 4) is 0 Å². The molecule has 1 aromatic carbocycles. The molecule has 1 N–H and O–H groups in total. The molecule has 0 unspecified atom stereocenters. The zero-order valence-electron chi connectivity index (χ0n) is 13.3. The first-order valence-electron chi connectivity index (χ1n) is 7.84. The molecular formula is C17H21F2NO3. The maximum Gasteiger partial charge on any atom is 0.339 e. The summed E-state index contributed by atoms with van der Waals surface area (Å²) in [4.78, 5) is 24.0. The van der Waals surface area contributed by atoms with Gasteiger partial charge in [-0.15, -0.1) is 0 Å². The van der Waals surface area contributed by atoms with Crippen LogP contribution in [0.2, 0.25) is 0 Å². The van der Waals surface area contributed by atoms with Crippen molar-refractivity contribution in [2.75, 3.05) is 0 Å². The van der Waals surface area contributed by atoms with E-state index in [9.17, 15) is 18.4 Å². The fourth-order valence-corrected chi connectivity index (χ4v) is 2.78. The van der Waals surface area contributed by atoms with E-state index in [1.54, 1.807) is 0 Å². The highest BCUT2D eigenvalue weighted by molar-refractivity contribution is 5.92. The Bertz CT molecular complexity index is 571. The molecule has 0 aromatic heterocycles. The molecule has 2 rings (SSSR count). The molecule has 0 heterocycles. The van der Waals surface area contributed by atoms with E-state index < -0.39 is 29.6 Å². The topological polar surface area (TPSA) is 55.4 Å². The first-order valence-corrected chi connectivity index (χ1v) is 7.84. The Morgan fingerprint density at radius 2 is 1.78 bits per heavy atom. The van der Waals surface area contributed by atoms with E-state index >= 15 is 0 Å². The van der Waals surface area contributed by atoms with Crippen LogP contribution in [0.25, 0.3) is 0 Å². The summed E-state index contributed by atoms with van der Waals surface area (Å²) < 4.78 is 31.2. The summed E-state index contributed by atoms with van der Waals surface area (Å²) >= 11 is 0. The van der Waals surface area contributed by atoms with Crippen LogP contribution in [0.15, 0.2) is 18.2 Å². The predicted molar refractivity (Wildman–Crippen MR) is 80.8 cm³/mol. The standard InChI is InChI=1S/C17H21F2NO3/c1-10-5-3-4-6-15(10)20-16(21)11(2)23-17(22)12-7-13(18)9-14(19)8-12/h7-11,15H,3-6H2,1-2H3,(H,20,21)/t10-,11-,15+/m1/s1. The predicted octanol–water partition coefficient (Wildman–Crippen LogP) is 3.21. The summed E-state index contributed by atoms with van der Waals surface area (Å²) in [7, 11) is 0. The number of benzene rings is 1. The second kappa shape index (κ2) is 7.53. The minimum absolute atomic E-state index is 0.0732. The number of rotatable bonds is 4. The molecule has 3 atom stereocenters. The monoisotopic (exact) mass is 325 g/mol. The molecule has 1 amide bonds. The van der Waals surface area contributed by atoms with Gasteiger partial charge >= 0.3 is 5.97 Å². The second-order valence-electron chi connectivity index (χ2n) is 6.08. The van der Waals surface area contributed by atoms with Gasteiger partial charge in [-0.1, -0.05) is 19.8 Å². The van der Waals surface area contributed by atoms with Gasteiger partial charge in [0.2, 0.25) is 0 Å². The van der Waals surface area contributed by atoms with E-state index in [4.69, 9.17) is 4.74 Å². The number of hydrogen-bond donors (Lipinski definition) is 1. The van der Waals surface area contributed by atoms with Gasteiger partial charge in [-0.25, -0.2) is 13.6 Å². The van der Waals surface area contributed by atoms with E-state index in [1.807, 2.05) is 0 Å². The summed E-state index contributed by atoms with van der Waals surface area (Å²) in [6.45, 7) is 3.52. The Labute approximate surface area is 134 Å². The summed E-state index contributed by atoms with van der Waals surface area (Å²) in [6.07, 6.45) is 3.16. The van der Waals surface area contributed by atoms with Crippen molar-refractivity contribution in [1.82, 2.24) is 5.32 Å². The molecule has 0 aliphatic heterocycles. The van der Waals surface area contributed by atoms with Gasteiger partial charge in [0, 0.05) is 12.1 Å². The van der Waals surface area contributed by atoms with Gasteiger partial charge in [-0.05, 0) is 37.8 Å². The molecule has 23 heavy (non-hydrogen) atoms. The average Bonchev–Trinajstić information content (AvgIpc) is 2.48. The van der Waals surface area contributed by atoms with Crippen molar-refractivity contribution in [1.29, 1.82) is 0 Å². The molecule has 6 heteroatoms. The number of nitrogens with one attached hydrogen (secondary N) is 1. The minimum atomic E-state index is -1.03. The van der Waals surface area contributed by atoms with Crippen molar-refractivity contribution < 1.29 is 23.1 Å². The van der Waals surface area contributed by atoms with Crippen molar-refractivity contribution in [3.63, 3.8) is 0 Å². The van der Waals surface area contributed by atoms with Gasteiger partial charge in [0.05, 0.1) is 5.56 Å². The Balaban J connectivity index is 1.93. The number of carbonyl (C=O) groups is 2.